The van der Waals surface area contributed by atoms with Gasteiger partial charge >= 0.3 is 0 Å². The monoisotopic (exact) mass is 457 g/mol. The number of pyridine rings is 1. The van der Waals surface area contributed by atoms with Gasteiger partial charge in [-0.2, -0.15) is 0 Å². The highest BCUT2D eigenvalue weighted by molar-refractivity contribution is 7.98. The Morgan fingerprint density at radius 1 is 1.09 bits per heavy atom. The normalized spacial score (nSPS) is 15.1. The van der Waals surface area contributed by atoms with Gasteiger partial charge in [0, 0.05) is 23.2 Å². The van der Waals surface area contributed by atoms with E-state index in [4.69, 9.17) is 9.15 Å². The number of nitrogens with one attached hydrogen (secondary N) is 1. The van der Waals surface area contributed by atoms with Crippen molar-refractivity contribution in [1.29, 1.82) is 0 Å². The van der Waals surface area contributed by atoms with Crippen LogP contribution < -0.4 is 10.1 Å². The van der Waals surface area contributed by atoms with E-state index in [1.165, 1.54) is 0 Å². The van der Waals surface area contributed by atoms with Gasteiger partial charge < -0.3 is 19.4 Å². The number of aromatic nitrogens is 1. The molecule has 0 bridgehead atoms. The lowest BCUT2D eigenvalue weighted by atomic mass is 10.0. The Hall–Kier alpha value is -3.71. The summed E-state index contributed by atoms with van der Waals surface area (Å²) in [5.41, 5.74) is 3.49. The van der Waals surface area contributed by atoms with Crippen molar-refractivity contribution in [2.75, 3.05) is 12.4 Å². The van der Waals surface area contributed by atoms with E-state index in [1.54, 1.807) is 36.2 Å². The van der Waals surface area contributed by atoms with Gasteiger partial charge in [-0.05, 0) is 54.1 Å². The zero-order valence-corrected chi connectivity index (χ0v) is 18.9. The molecule has 2 aromatic heterocycles. The largest absolute Gasteiger partial charge is 0.496 e. The van der Waals surface area contributed by atoms with Crippen LogP contribution in [0.25, 0.3) is 0 Å². The number of benzene rings is 2. The Labute approximate surface area is 196 Å². The lowest BCUT2D eigenvalue weighted by Gasteiger charge is -2.38. The van der Waals surface area contributed by atoms with Gasteiger partial charge in [-0.1, -0.05) is 24.3 Å². The van der Waals surface area contributed by atoms with Crippen molar-refractivity contribution in [2.24, 2.45) is 0 Å². The molecule has 0 radical (unpaired) electrons. The number of hydrogen-bond donors (Lipinski definition) is 1. The molecule has 2 aromatic carbocycles. The Morgan fingerprint density at radius 2 is 1.97 bits per heavy atom. The summed E-state index contributed by atoms with van der Waals surface area (Å²) in [6.45, 7) is 0.363. The number of fused-ring (bicyclic) bond motifs is 1. The van der Waals surface area contributed by atoms with Crippen molar-refractivity contribution in [3.8, 4) is 5.75 Å². The predicted octanol–water partition coefficient (Wildman–Crippen LogP) is 5.74. The lowest BCUT2D eigenvalue weighted by Crippen LogP contribution is -2.42. The molecule has 1 unspecified atom stereocenters. The summed E-state index contributed by atoms with van der Waals surface area (Å²) >= 11 is 1.65. The van der Waals surface area contributed by atoms with Crippen LogP contribution in [0.1, 0.15) is 33.4 Å². The van der Waals surface area contributed by atoms with E-state index in [-0.39, 0.29) is 12.1 Å². The predicted molar refractivity (Wildman–Crippen MR) is 128 cm³/mol. The maximum Gasteiger partial charge on any atom is 0.258 e. The fourth-order valence-electron chi connectivity index (χ4n) is 3.96. The summed E-state index contributed by atoms with van der Waals surface area (Å²) in [5.74, 6) is 2.20. The van der Waals surface area contributed by atoms with Crippen molar-refractivity contribution >= 4 is 23.4 Å². The van der Waals surface area contributed by atoms with Gasteiger partial charge in [0.25, 0.3) is 5.91 Å². The Kier molecular flexibility index (Phi) is 6.04. The molecule has 5 rings (SSSR count). The molecule has 7 heteroatoms. The number of rotatable bonds is 7. The lowest BCUT2D eigenvalue weighted by molar-refractivity contribution is 0.0651. The van der Waals surface area contributed by atoms with Gasteiger partial charge in [0.15, 0.2) is 0 Å². The van der Waals surface area contributed by atoms with E-state index < -0.39 is 0 Å². The summed E-state index contributed by atoms with van der Waals surface area (Å²) < 4.78 is 11.2. The second kappa shape index (κ2) is 9.42. The third-order valence-corrected chi connectivity index (χ3v) is 6.55. The third kappa shape index (κ3) is 4.45. The van der Waals surface area contributed by atoms with Crippen LogP contribution in [0.15, 0.2) is 94.7 Å². The smallest absolute Gasteiger partial charge is 0.258 e. The van der Waals surface area contributed by atoms with Crippen molar-refractivity contribution < 1.29 is 13.9 Å². The van der Waals surface area contributed by atoms with E-state index in [9.17, 15) is 4.79 Å². The number of thioether (sulfide) groups is 1. The molecule has 4 aromatic rings. The molecular formula is C26H23N3O3S. The number of amides is 1. The Balaban J connectivity index is 1.49. The van der Waals surface area contributed by atoms with Crippen LogP contribution in [0.5, 0.6) is 5.75 Å². The molecule has 6 nitrogen and oxygen atoms in total. The van der Waals surface area contributed by atoms with Crippen LogP contribution in [-0.4, -0.2) is 22.9 Å². The topological polar surface area (TPSA) is 67.6 Å². The summed E-state index contributed by atoms with van der Waals surface area (Å²) in [6, 6.07) is 23.2. The van der Waals surface area contributed by atoms with E-state index in [2.05, 4.69) is 16.4 Å². The van der Waals surface area contributed by atoms with E-state index >= 15 is 0 Å². The Morgan fingerprint density at radius 3 is 2.76 bits per heavy atom. The van der Waals surface area contributed by atoms with Crippen LogP contribution in [0.4, 0.5) is 5.69 Å². The van der Waals surface area contributed by atoms with E-state index in [0.29, 0.717) is 17.9 Å². The van der Waals surface area contributed by atoms with Gasteiger partial charge in [0.2, 0.25) is 0 Å². The minimum atomic E-state index is -0.345. The quantitative estimate of drug-likeness (QED) is 0.357. The Bertz CT molecular complexity index is 1240. The van der Waals surface area contributed by atoms with E-state index in [1.807, 2.05) is 66.7 Å². The van der Waals surface area contributed by atoms with Gasteiger partial charge in [-0.3, -0.25) is 4.79 Å². The van der Waals surface area contributed by atoms with Crippen LogP contribution in [-0.2, 0) is 12.3 Å². The molecule has 0 fully saturated rings. The molecule has 1 N–H and O–H groups in total. The number of hydrogen-bond acceptors (Lipinski definition) is 6. The van der Waals surface area contributed by atoms with Crippen LogP contribution in [0, 0.1) is 0 Å². The molecule has 166 valence electrons. The zero-order chi connectivity index (χ0) is 22.6. The SMILES string of the molecule is COc1ccc(C2Nc3ccccc3C(=O)N2Cc2ccco2)cc1CSc1ccccn1. The maximum atomic E-state index is 13.5. The molecule has 33 heavy (non-hydrogen) atoms. The molecule has 1 aliphatic rings. The van der Waals surface area contributed by atoms with Crippen molar-refractivity contribution in [3.63, 3.8) is 0 Å². The summed E-state index contributed by atoms with van der Waals surface area (Å²) in [7, 11) is 1.67. The van der Waals surface area contributed by atoms with Crippen LogP contribution >= 0.6 is 11.8 Å². The molecule has 0 aliphatic carbocycles. The maximum absolute atomic E-state index is 13.5. The van der Waals surface area contributed by atoms with Gasteiger partial charge in [-0.15, -0.1) is 11.8 Å². The number of carbonyl (C=O) groups is 1. The second-order valence-electron chi connectivity index (χ2n) is 7.63. The third-order valence-electron chi connectivity index (χ3n) is 5.56. The molecule has 1 amide bonds. The van der Waals surface area contributed by atoms with E-state index in [0.717, 1.165) is 33.4 Å². The standard InChI is InChI=1S/C26H23N3O3S/c1-31-23-12-11-18(15-19(23)17-33-24-10-4-5-13-27-24)25-28-22-9-3-2-8-21(22)26(30)29(25)16-20-7-6-14-32-20/h2-15,25,28H,16-17H2,1H3. The van der Waals surface area contributed by atoms with Gasteiger partial charge in [-0.25, -0.2) is 4.98 Å². The molecule has 0 saturated carbocycles. The highest BCUT2D eigenvalue weighted by Gasteiger charge is 2.33. The first-order chi connectivity index (χ1) is 16.2. The number of furan rings is 1. The van der Waals surface area contributed by atoms with Crippen LogP contribution in [0.3, 0.4) is 0 Å². The second-order valence-corrected chi connectivity index (χ2v) is 8.63. The number of carbonyl (C=O) groups excluding carboxylic acids is 1. The minimum absolute atomic E-state index is 0.0361. The number of anilines is 1. The number of para-hydroxylation sites is 1. The van der Waals surface area contributed by atoms with Crippen LogP contribution in [0.2, 0.25) is 0 Å². The van der Waals surface area contributed by atoms with Gasteiger partial charge in [0.1, 0.15) is 17.7 Å². The average Bonchev–Trinajstić information content (AvgIpc) is 3.38. The zero-order valence-electron chi connectivity index (χ0n) is 18.1. The summed E-state index contributed by atoms with van der Waals surface area (Å²) in [5, 5.41) is 4.50. The number of methoxy groups -OCH3 is 1. The van der Waals surface area contributed by atoms with Crippen molar-refractivity contribution in [2.45, 2.75) is 23.5 Å². The summed E-state index contributed by atoms with van der Waals surface area (Å²) in [4.78, 5) is 19.7. The first-order valence-electron chi connectivity index (χ1n) is 10.6. The fraction of sp³-hybridized carbons (Fsp3) is 0.154. The fourth-order valence-corrected chi connectivity index (χ4v) is 4.79. The summed E-state index contributed by atoms with van der Waals surface area (Å²) in [6.07, 6.45) is 3.07. The molecular weight excluding hydrogens is 434 g/mol. The average molecular weight is 458 g/mol. The first kappa shape index (κ1) is 21.2. The number of nitrogens with zero attached hydrogens (tertiary/aromatic N) is 2. The number of ether oxygens (including phenoxy) is 1. The van der Waals surface area contributed by atoms with Gasteiger partial charge in [0.05, 0.1) is 30.5 Å². The molecule has 3 heterocycles. The molecule has 1 aliphatic heterocycles. The minimum Gasteiger partial charge on any atom is -0.496 e. The highest BCUT2D eigenvalue weighted by Crippen LogP contribution is 2.36. The van der Waals surface area contributed by atoms with Crippen molar-refractivity contribution in [1.82, 2.24) is 9.88 Å². The molecule has 0 spiro atoms. The first-order valence-corrected chi connectivity index (χ1v) is 11.6. The molecule has 0 saturated heterocycles. The molecule has 1 atom stereocenters. The highest BCUT2D eigenvalue weighted by atomic mass is 32.2. The van der Waals surface area contributed by atoms with Crippen molar-refractivity contribution in [3.05, 3.63) is 108 Å².